The van der Waals surface area contributed by atoms with Gasteiger partial charge in [-0.25, -0.2) is 0 Å². The van der Waals surface area contributed by atoms with Gasteiger partial charge in [0.15, 0.2) is 0 Å². The average molecular weight is 1030 g/mol. The lowest BCUT2D eigenvalue weighted by atomic mass is 10.0. The summed E-state index contributed by atoms with van der Waals surface area (Å²) in [4.78, 5) is 92.7. The number of hydrogen-bond acceptors (Lipinski definition) is 16. The number of amides is 7. The molecule has 420 valence electrons. The summed E-state index contributed by atoms with van der Waals surface area (Å²) in [5.41, 5.74) is 46.2. The van der Waals surface area contributed by atoms with E-state index in [0.717, 1.165) is 25.7 Å². The fourth-order valence-electron chi connectivity index (χ4n) is 7.71. The molecule has 0 aliphatic rings. The Kier molecular flexibility index (Phi) is 39.9. The van der Waals surface area contributed by atoms with Crippen molar-refractivity contribution in [1.82, 2.24) is 37.2 Å². The molecule has 0 aromatic carbocycles. The maximum Gasteiger partial charge on any atom is 0.243 e. The highest BCUT2D eigenvalue weighted by atomic mass is 16.5. The normalized spacial score (nSPS) is 14.4. The van der Waals surface area contributed by atoms with Gasteiger partial charge in [0.25, 0.3) is 0 Å². The van der Waals surface area contributed by atoms with Gasteiger partial charge in [0.05, 0.1) is 29.8 Å². The number of hydrogen-bond donors (Lipinski definition) is 15. The Morgan fingerprint density at radius 3 is 0.986 bits per heavy atom. The van der Waals surface area contributed by atoms with Gasteiger partial charge < -0.3 is 87.8 Å². The molecule has 0 rings (SSSR count). The summed E-state index contributed by atoms with van der Waals surface area (Å²) in [6, 6.07) is -5.94. The van der Waals surface area contributed by atoms with Crippen molar-refractivity contribution in [2.75, 3.05) is 59.0 Å². The number of ether oxygens (including phenoxy) is 1. The van der Waals surface area contributed by atoms with Crippen LogP contribution in [0.1, 0.15) is 162 Å². The van der Waals surface area contributed by atoms with Gasteiger partial charge >= 0.3 is 0 Å². The second-order valence-corrected chi connectivity index (χ2v) is 19.3. The highest BCUT2D eigenvalue weighted by Gasteiger charge is 2.29. The summed E-state index contributed by atoms with van der Waals surface area (Å²) in [7, 11) is 0. The Bertz CT molecular complexity index is 1510. The molecule has 7 atom stereocenters. The summed E-state index contributed by atoms with van der Waals surface area (Å²) in [5.74, 6) is -2.91. The Labute approximate surface area is 430 Å². The third kappa shape index (κ3) is 33.6. The zero-order chi connectivity index (χ0) is 54.2. The van der Waals surface area contributed by atoms with Gasteiger partial charge in [-0.1, -0.05) is 25.7 Å². The zero-order valence-corrected chi connectivity index (χ0v) is 44.3. The summed E-state index contributed by atoms with van der Waals surface area (Å²) >= 11 is 0. The second-order valence-electron chi connectivity index (χ2n) is 19.3. The van der Waals surface area contributed by atoms with Crippen molar-refractivity contribution in [3.05, 3.63) is 0 Å². The van der Waals surface area contributed by atoms with Crippen molar-refractivity contribution in [1.29, 1.82) is 0 Å². The fourth-order valence-corrected chi connectivity index (χ4v) is 7.71. The van der Waals surface area contributed by atoms with Gasteiger partial charge in [0, 0.05) is 32.8 Å². The Morgan fingerprint density at radius 2 is 0.653 bits per heavy atom. The highest BCUT2D eigenvalue weighted by Crippen LogP contribution is 2.14. The lowest BCUT2D eigenvalue weighted by molar-refractivity contribution is -0.132. The van der Waals surface area contributed by atoms with Crippen molar-refractivity contribution in [2.45, 2.75) is 210 Å². The molecule has 0 aliphatic carbocycles. The van der Waals surface area contributed by atoms with Crippen molar-refractivity contribution >= 4 is 41.4 Å². The maximum atomic E-state index is 14.1. The minimum Gasteiger partial charge on any atom is -0.376 e. The number of rotatable bonds is 46. The predicted octanol–water partition coefficient (Wildman–Crippen LogP) is -1.55. The standard InChI is InChI=1S/C49H101N15O8/c1-4-72-49(2,3)26-34-61-47(70)40(64-48(71)41(63-45(68)38(57)22-8-15-30-53)25-11-17-32-59-43(66)36(55)20-6-13-28-51)24-10-18-33-60-46(69)39(62-44(67)37(56)21-7-14-29-52)23-9-16-31-58-42(65)35(54)19-5-12-27-50/h35-41H,4-34,50-57H2,1-3H3,(H,58,65)(H,59,66)(H,60,69)(H,61,70)(H,62,67)(H,63,68)(H,64,71). The molecule has 0 aromatic heterocycles. The van der Waals surface area contributed by atoms with Gasteiger partial charge in [0.1, 0.15) is 18.1 Å². The number of nitrogens with one attached hydrogen (secondary N) is 7. The molecule has 0 heterocycles. The third-order valence-electron chi connectivity index (χ3n) is 12.3. The molecule has 0 saturated carbocycles. The molecule has 0 bridgehead atoms. The van der Waals surface area contributed by atoms with Gasteiger partial charge in [-0.15, -0.1) is 0 Å². The van der Waals surface area contributed by atoms with E-state index in [9.17, 15) is 33.6 Å². The molecule has 72 heavy (non-hydrogen) atoms. The molecule has 23 N–H and O–H groups in total. The van der Waals surface area contributed by atoms with E-state index in [1.165, 1.54) is 0 Å². The van der Waals surface area contributed by atoms with E-state index in [4.69, 9.17) is 50.6 Å². The van der Waals surface area contributed by atoms with Crippen LogP contribution >= 0.6 is 0 Å². The summed E-state index contributed by atoms with van der Waals surface area (Å²) in [5, 5.41) is 20.0. The van der Waals surface area contributed by atoms with Crippen molar-refractivity contribution in [3.63, 3.8) is 0 Å². The Balaban J connectivity index is 5.97. The molecule has 23 heteroatoms. The van der Waals surface area contributed by atoms with Gasteiger partial charge in [-0.05, 0) is 163 Å². The number of carbonyl (C=O) groups excluding carboxylic acids is 7. The topological polar surface area (TPSA) is 421 Å². The van der Waals surface area contributed by atoms with E-state index >= 15 is 0 Å². The van der Waals surface area contributed by atoms with E-state index in [0.29, 0.717) is 142 Å². The maximum absolute atomic E-state index is 14.1. The minimum absolute atomic E-state index is 0.194. The molecule has 0 aromatic rings. The Morgan fingerprint density at radius 1 is 0.375 bits per heavy atom. The van der Waals surface area contributed by atoms with Crippen LogP contribution in [0.2, 0.25) is 0 Å². The van der Waals surface area contributed by atoms with Crippen LogP contribution in [-0.2, 0) is 38.3 Å². The molecular weight excluding hydrogens is 927 g/mol. The van der Waals surface area contributed by atoms with Crippen LogP contribution in [0.5, 0.6) is 0 Å². The lowest BCUT2D eigenvalue weighted by Gasteiger charge is -2.26. The van der Waals surface area contributed by atoms with E-state index in [1.807, 2.05) is 20.8 Å². The summed E-state index contributed by atoms with van der Waals surface area (Å²) in [6.45, 7) is 9.34. The van der Waals surface area contributed by atoms with Crippen molar-refractivity contribution < 1.29 is 38.3 Å². The first kappa shape index (κ1) is 67.9. The van der Waals surface area contributed by atoms with Gasteiger partial charge in [-0.2, -0.15) is 0 Å². The summed E-state index contributed by atoms with van der Waals surface area (Å²) < 4.78 is 5.80. The van der Waals surface area contributed by atoms with Crippen LogP contribution in [-0.4, -0.2) is 148 Å². The number of unbranched alkanes of at least 4 members (excludes halogenated alkanes) is 7. The van der Waals surface area contributed by atoms with E-state index in [2.05, 4.69) is 37.2 Å². The quantitative estimate of drug-likeness (QED) is 0.0307. The first-order chi connectivity index (χ1) is 34.4. The Hall–Kier alpha value is -4.07. The SMILES string of the molecule is CCOC(C)(C)CCNC(=O)C(CCCCNC(=O)C(CCCCNC(=O)C(N)CCCCN)NC(=O)C(N)CCCCN)NC(=O)C(CCCCNC(=O)C(N)CCCCN)NC(=O)C(N)CCCCN. The molecule has 23 nitrogen and oxygen atoms in total. The summed E-state index contributed by atoms with van der Waals surface area (Å²) in [6.07, 6.45) is 11.5. The van der Waals surface area contributed by atoms with Crippen LogP contribution in [0.4, 0.5) is 0 Å². The molecule has 7 amide bonds. The van der Waals surface area contributed by atoms with Gasteiger partial charge in [0.2, 0.25) is 41.4 Å². The monoisotopic (exact) mass is 1030 g/mol. The first-order valence-electron chi connectivity index (χ1n) is 26.9. The zero-order valence-electron chi connectivity index (χ0n) is 44.3. The predicted molar refractivity (Wildman–Crippen MR) is 283 cm³/mol. The van der Waals surface area contributed by atoms with Crippen LogP contribution in [0.3, 0.4) is 0 Å². The third-order valence-corrected chi connectivity index (χ3v) is 12.3. The largest absolute Gasteiger partial charge is 0.376 e. The fraction of sp³-hybridized carbons (Fsp3) is 0.857. The lowest BCUT2D eigenvalue weighted by Crippen LogP contribution is -2.56. The smallest absolute Gasteiger partial charge is 0.243 e. The molecule has 0 spiro atoms. The van der Waals surface area contributed by atoms with E-state index < -0.39 is 77.4 Å². The number of nitrogens with two attached hydrogens (primary N) is 8. The molecule has 0 radical (unpaired) electrons. The van der Waals surface area contributed by atoms with Gasteiger partial charge in [-0.3, -0.25) is 33.6 Å². The van der Waals surface area contributed by atoms with E-state index in [-0.39, 0.29) is 44.2 Å². The number of carbonyl (C=O) groups is 7. The van der Waals surface area contributed by atoms with Crippen LogP contribution in [0.15, 0.2) is 0 Å². The average Bonchev–Trinajstić information content (AvgIpc) is 3.34. The van der Waals surface area contributed by atoms with E-state index in [1.54, 1.807) is 0 Å². The highest BCUT2D eigenvalue weighted by molar-refractivity contribution is 5.93. The van der Waals surface area contributed by atoms with Crippen LogP contribution in [0.25, 0.3) is 0 Å². The van der Waals surface area contributed by atoms with Crippen LogP contribution < -0.4 is 83.1 Å². The second kappa shape index (κ2) is 42.3. The van der Waals surface area contributed by atoms with Crippen molar-refractivity contribution in [3.8, 4) is 0 Å². The molecular formula is C49H101N15O8. The molecule has 0 saturated heterocycles. The first-order valence-corrected chi connectivity index (χ1v) is 26.9. The molecule has 7 unspecified atom stereocenters. The van der Waals surface area contributed by atoms with Crippen LogP contribution in [0, 0.1) is 0 Å². The molecule has 0 aliphatic heterocycles. The van der Waals surface area contributed by atoms with Crippen molar-refractivity contribution in [2.24, 2.45) is 45.9 Å². The minimum atomic E-state index is -1.04. The molecule has 0 fully saturated rings.